The van der Waals surface area contributed by atoms with Crippen LogP contribution in [-0.4, -0.2) is 63.6 Å². The molecule has 3 aromatic rings. The number of carbonyl (C=O) groups excluding carboxylic acids is 1. The van der Waals surface area contributed by atoms with Gasteiger partial charge in [-0.05, 0) is 18.9 Å². The number of nitrogens with zero attached hydrogens (tertiary/aromatic N) is 8. The lowest BCUT2D eigenvalue weighted by atomic mass is 9.89. The monoisotopic (exact) mass is 494 g/mol. The minimum absolute atomic E-state index is 0.0495. The first-order valence-corrected chi connectivity index (χ1v) is 13.5. The first-order chi connectivity index (χ1) is 16.6. The van der Waals surface area contributed by atoms with Gasteiger partial charge in [0.1, 0.15) is 21.8 Å². The van der Waals surface area contributed by atoms with Gasteiger partial charge in [-0.15, -0.1) is 0 Å². The average Bonchev–Trinajstić information content (AvgIpc) is 3.29. The van der Waals surface area contributed by atoms with Gasteiger partial charge in [-0.25, -0.2) is 22.8 Å². The number of carbonyl (C=O) groups is 1. The van der Waals surface area contributed by atoms with Crippen molar-refractivity contribution < 1.29 is 9.00 Å². The zero-order valence-corrected chi connectivity index (χ0v) is 21.3. The second kappa shape index (κ2) is 8.24. The minimum atomic E-state index is -2.44. The topological polar surface area (TPSA) is 122 Å². The van der Waals surface area contributed by atoms with Gasteiger partial charge >= 0.3 is 0 Å². The van der Waals surface area contributed by atoms with Crippen molar-refractivity contribution in [2.75, 3.05) is 18.8 Å². The molecule has 1 atom stereocenters. The van der Waals surface area contributed by atoms with Crippen molar-refractivity contribution in [3.8, 4) is 17.3 Å². The van der Waals surface area contributed by atoms with Crippen LogP contribution in [0.4, 0.5) is 0 Å². The average molecular weight is 495 g/mol. The number of rotatable bonds is 6. The van der Waals surface area contributed by atoms with Gasteiger partial charge in [-0.1, -0.05) is 27.7 Å². The molecule has 1 saturated heterocycles. The Labute approximate surface area is 205 Å². The maximum Gasteiger partial charge on any atom is 0.237 e. The van der Waals surface area contributed by atoms with Crippen LogP contribution in [0.1, 0.15) is 51.8 Å². The Morgan fingerprint density at radius 2 is 2.06 bits per heavy atom. The van der Waals surface area contributed by atoms with E-state index in [0.29, 0.717) is 30.2 Å². The third kappa shape index (κ3) is 4.04. The first-order valence-electron chi connectivity index (χ1n) is 11.9. The van der Waals surface area contributed by atoms with Gasteiger partial charge in [0.15, 0.2) is 5.65 Å². The zero-order valence-electron chi connectivity index (χ0n) is 20.5. The largest absolute Gasteiger partial charge is 0.273 e. The summed E-state index contributed by atoms with van der Waals surface area (Å²) in [5, 5.41) is 14.9. The van der Waals surface area contributed by atoms with E-state index in [0.717, 1.165) is 23.8 Å². The van der Waals surface area contributed by atoms with E-state index in [2.05, 4.69) is 25.5 Å². The van der Waals surface area contributed by atoms with E-state index in [1.807, 2.05) is 44.3 Å². The molecule has 0 amide bonds. The molecular weight excluding hydrogens is 464 g/mol. The molecule has 3 aromatic heterocycles. The molecule has 11 heteroatoms. The Balaban J connectivity index is 1.47. The number of nitriles is 1. The summed E-state index contributed by atoms with van der Waals surface area (Å²) in [5.74, 6) is 0.422. The van der Waals surface area contributed by atoms with Gasteiger partial charge in [0, 0.05) is 47.6 Å². The number of hydrogen-bond acceptors (Lipinski definition) is 7. The zero-order chi connectivity index (χ0) is 25.0. The maximum absolute atomic E-state index is 13.4. The number of fused-ring (bicyclic) bond motifs is 1. The summed E-state index contributed by atoms with van der Waals surface area (Å²) in [6.45, 7) is 8.44. The fourth-order valence-corrected chi connectivity index (χ4v) is 6.65. The van der Waals surface area contributed by atoms with E-state index in [1.54, 1.807) is 21.6 Å². The van der Waals surface area contributed by atoms with Gasteiger partial charge in [-0.3, -0.25) is 14.0 Å². The lowest BCUT2D eigenvalue weighted by Gasteiger charge is -2.49. The Morgan fingerprint density at radius 3 is 2.69 bits per heavy atom. The van der Waals surface area contributed by atoms with Crippen molar-refractivity contribution in [2.24, 2.45) is 9.78 Å². The summed E-state index contributed by atoms with van der Waals surface area (Å²) in [6, 6.07) is 4.34. The van der Waals surface area contributed by atoms with Crippen LogP contribution in [-0.2, 0) is 15.5 Å². The van der Waals surface area contributed by atoms with E-state index >= 15 is 0 Å². The van der Waals surface area contributed by atoms with Gasteiger partial charge in [0.05, 0.1) is 30.4 Å². The molecule has 35 heavy (non-hydrogen) atoms. The summed E-state index contributed by atoms with van der Waals surface area (Å²) in [4.78, 5) is 21.7. The predicted octanol–water partition coefficient (Wildman–Crippen LogP) is 3.47. The van der Waals surface area contributed by atoms with Crippen LogP contribution in [0.2, 0.25) is 0 Å². The van der Waals surface area contributed by atoms with Gasteiger partial charge in [0.2, 0.25) is 5.91 Å². The molecule has 2 aliphatic rings. The molecule has 0 bridgehead atoms. The van der Waals surface area contributed by atoms with Gasteiger partial charge in [0.25, 0.3) is 0 Å². The fourth-order valence-electron chi connectivity index (χ4n) is 4.44. The second-order valence-electron chi connectivity index (χ2n) is 10.5. The van der Waals surface area contributed by atoms with Gasteiger partial charge in [-0.2, -0.15) is 10.4 Å². The van der Waals surface area contributed by atoms with Crippen molar-refractivity contribution >= 4 is 26.9 Å². The summed E-state index contributed by atoms with van der Waals surface area (Å²) in [6.07, 6.45) is 9.05. The number of hydrogen-bond donors (Lipinski definition) is 0. The lowest BCUT2D eigenvalue weighted by molar-refractivity contribution is 0.0749. The summed E-state index contributed by atoms with van der Waals surface area (Å²) >= 11 is 0. The summed E-state index contributed by atoms with van der Waals surface area (Å²) in [7, 11) is -2.44. The molecular formula is C24H30N8O2S. The predicted molar refractivity (Wildman–Crippen MR) is 133 cm³/mol. The van der Waals surface area contributed by atoms with Crippen LogP contribution in [0, 0.1) is 16.7 Å². The van der Waals surface area contributed by atoms with Crippen LogP contribution in [0.25, 0.3) is 22.3 Å². The molecule has 1 unspecified atom stereocenters. The highest BCUT2D eigenvalue weighted by molar-refractivity contribution is 7.91. The second-order valence-corrected chi connectivity index (χ2v) is 13.0. The molecule has 0 N–H and O–H groups in total. The molecule has 10 nitrogen and oxygen atoms in total. The highest BCUT2D eigenvalue weighted by atomic mass is 32.2. The Bertz CT molecular complexity index is 1450. The SMILES string of the molecule is CCS(=O)(=NC1CC1)N1CC(CC#N)(n2cc(-c3ncnc4c3ccn4C(=O)C(C)(C)C)cn2)C1. The fraction of sp³-hybridized carbons (Fsp3) is 0.542. The van der Waals surface area contributed by atoms with Gasteiger partial charge < -0.3 is 0 Å². The molecule has 0 radical (unpaired) electrons. The van der Waals surface area contributed by atoms with E-state index in [1.165, 1.54) is 6.33 Å². The molecule has 0 aromatic carbocycles. The van der Waals surface area contributed by atoms with Crippen molar-refractivity contribution in [1.82, 2.24) is 28.6 Å². The molecule has 0 spiro atoms. The van der Waals surface area contributed by atoms with E-state index in [9.17, 15) is 14.3 Å². The van der Waals surface area contributed by atoms with Crippen molar-refractivity contribution in [1.29, 1.82) is 5.26 Å². The van der Waals surface area contributed by atoms with E-state index in [4.69, 9.17) is 0 Å². The van der Waals surface area contributed by atoms with Crippen LogP contribution < -0.4 is 0 Å². The van der Waals surface area contributed by atoms with Crippen LogP contribution >= 0.6 is 0 Å². The van der Waals surface area contributed by atoms with E-state index in [-0.39, 0.29) is 18.4 Å². The maximum atomic E-state index is 13.4. The standard InChI is InChI=1S/C24H30N8O2S/c1-5-35(34,29-18-6-7-18)30-14-24(15-30,9-10-25)32-13-17(12-28-32)20-19-8-11-31(21(19)27-16-26-20)22(33)23(2,3)4/h8,11-13,16,18H,5-7,9,14-15H2,1-4H3. The van der Waals surface area contributed by atoms with Crippen LogP contribution in [0.15, 0.2) is 35.3 Å². The molecule has 1 aliphatic carbocycles. The Hall–Kier alpha value is -3.10. The lowest BCUT2D eigenvalue weighted by Crippen LogP contribution is -2.64. The first kappa shape index (κ1) is 23.6. The molecule has 4 heterocycles. The summed E-state index contributed by atoms with van der Waals surface area (Å²) < 4.78 is 23.3. The molecule has 5 rings (SSSR count). The highest BCUT2D eigenvalue weighted by Crippen LogP contribution is 2.38. The van der Waals surface area contributed by atoms with Crippen molar-refractivity contribution in [3.63, 3.8) is 0 Å². The van der Waals surface area contributed by atoms with E-state index < -0.39 is 20.9 Å². The third-order valence-corrected chi connectivity index (χ3v) is 9.12. The van der Waals surface area contributed by atoms with Crippen LogP contribution in [0.3, 0.4) is 0 Å². The smallest absolute Gasteiger partial charge is 0.237 e. The quantitative estimate of drug-likeness (QED) is 0.517. The molecule has 1 saturated carbocycles. The van der Waals surface area contributed by atoms with Crippen LogP contribution in [0.5, 0.6) is 0 Å². The Morgan fingerprint density at radius 1 is 1.31 bits per heavy atom. The molecule has 184 valence electrons. The number of aromatic nitrogens is 5. The minimum Gasteiger partial charge on any atom is -0.273 e. The molecule has 2 fully saturated rings. The van der Waals surface area contributed by atoms with Crippen molar-refractivity contribution in [2.45, 2.75) is 58.5 Å². The summed E-state index contributed by atoms with van der Waals surface area (Å²) in [5.41, 5.74) is 0.877. The Kier molecular flexibility index (Phi) is 5.56. The molecule has 1 aliphatic heterocycles. The third-order valence-electron chi connectivity index (χ3n) is 6.67. The normalized spacial score (nSPS) is 19.6. The highest BCUT2D eigenvalue weighted by Gasteiger charge is 2.49. The van der Waals surface area contributed by atoms with Crippen molar-refractivity contribution in [3.05, 3.63) is 31.0 Å².